The van der Waals surface area contributed by atoms with Crippen LogP contribution in [-0.4, -0.2) is 67.8 Å². The third kappa shape index (κ3) is 4.56. The minimum Gasteiger partial charge on any atom is -0.495 e. The molecule has 33 heavy (non-hydrogen) atoms. The van der Waals surface area contributed by atoms with Gasteiger partial charge in [0.05, 0.1) is 7.11 Å². The lowest BCUT2D eigenvalue weighted by atomic mass is 9.98. The number of rotatable bonds is 7. The molecule has 4 amide bonds. The lowest BCUT2D eigenvalue weighted by molar-refractivity contribution is -0.131. The van der Waals surface area contributed by atoms with Crippen LogP contribution < -0.4 is 15.4 Å². The standard InChI is InChI=1S/C22H30N4O6S/c1-32-17-8-7-16(15-18(17)33(30,31)25-12-5-2-6-13-25)23-19(27)9-14-26-20(28)22(24-21(26)29)10-3-4-11-22/h7-8,15H,2-6,9-14H2,1H3,(H,23,27)(H,24,29). The predicted molar refractivity (Wildman–Crippen MR) is 120 cm³/mol. The van der Waals surface area contributed by atoms with Crippen LogP contribution in [0.3, 0.4) is 0 Å². The molecule has 180 valence electrons. The SMILES string of the molecule is COc1ccc(NC(=O)CCN2C(=O)NC3(CCCC3)C2=O)cc1S(=O)(=O)N1CCCCC1. The Morgan fingerprint density at radius 1 is 1.12 bits per heavy atom. The van der Waals surface area contributed by atoms with Crippen molar-refractivity contribution in [2.75, 3.05) is 32.1 Å². The number of ether oxygens (including phenoxy) is 1. The molecule has 0 bridgehead atoms. The van der Waals surface area contributed by atoms with E-state index in [-0.39, 0.29) is 29.5 Å². The number of nitrogens with zero attached hydrogens (tertiary/aromatic N) is 2. The molecule has 0 atom stereocenters. The molecule has 0 radical (unpaired) electrons. The lowest BCUT2D eigenvalue weighted by Gasteiger charge is -2.26. The van der Waals surface area contributed by atoms with Crippen molar-refractivity contribution in [1.29, 1.82) is 0 Å². The molecule has 3 fully saturated rings. The van der Waals surface area contributed by atoms with E-state index in [9.17, 15) is 22.8 Å². The van der Waals surface area contributed by atoms with Gasteiger partial charge in [-0.05, 0) is 43.9 Å². The molecule has 2 saturated heterocycles. The van der Waals surface area contributed by atoms with Gasteiger partial charge in [0.25, 0.3) is 5.91 Å². The second-order valence-corrected chi connectivity index (χ2v) is 10.7. The van der Waals surface area contributed by atoms with Crippen LogP contribution in [0.15, 0.2) is 23.1 Å². The topological polar surface area (TPSA) is 125 Å². The third-order valence-corrected chi connectivity index (χ3v) is 8.57. The number of anilines is 1. The summed E-state index contributed by atoms with van der Waals surface area (Å²) < 4.78 is 33.0. The van der Waals surface area contributed by atoms with E-state index < -0.39 is 27.5 Å². The summed E-state index contributed by atoms with van der Waals surface area (Å²) in [6, 6.07) is 4.00. The summed E-state index contributed by atoms with van der Waals surface area (Å²) in [5, 5.41) is 5.47. The van der Waals surface area contributed by atoms with Gasteiger partial charge >= 0.3 is 6.03 Å². The Morgan fingerprint density at radius 2 is 1.82 bits per heavy atom. The Morgan fingerprint density at radius 3 is 2.48 bits per heavy atom. The van der Waals surface area contributed by atoms with E-state index in [1.165, 1.54) is 23.5 Å². The predicted octanol–water partition coefficient (Wildman–Crippen LogP) is 2.06. The van der Waals surface area contributed by atoms with Crippen molar-refractivity contribution in [1.82, 2.24) is 14.5 Å². The highest BCUT2D eigenvalue weighted by atomic mass is 32.2. The van der Waals surface area contributed by atoms with Crippen LogP contribution in [0.2, 0.25) is 0 Å². The number of amides is 4. The first-order valence-corrected chi connectivity index (χ1v) is 12.8. The number of piperidine rings is 1. The number of carbonyl (C=O) groups excluding carboxylic acids is 3. The molecular formula is C22H30N4O6S. The van der Waals surface area contributed by atoms with Gasteiger partial charge in [-0.1, -0.05) is 19.3 Å². The number of hydrogen-bond acceptors (Lipinski definition) is 6. The maximum Gasteiger partial charge on any atom is 0.325 e. The molecule has 0 aromatic heterocycles. The third-order valence-electron chi connectivity index (χ3n) is 6.65. The van der Waals surface area contributed by atoms with Gasteiger partial charge < -0.3 is 15.4 Å². The fourth-order valence-electron chi connectivity index (χ4n) is 4.83. The van der Waals surface area contributed by atoms with Crippen LogP contribution in [0.5, 0.6) is 5.75 Å². The number of sulfonamides is 1. The van der Waals surface area contributed by atoms with Gasteiger partial charge in [-0.25, -0.2) is 13.2 Å². The molecule has 4 rings (SSSR count). The van der Waals surface area contributed by atoms with Gasteiger partial charge in [-0.2, -0.15) is 4.31 Å². The summed E-state index contributed by atoms with van der Waals surface area (Å²) in [7, 11) is -2.36. The summed E-state index contributed by atoms with van der Waals surface area (Å²) in [5.74, 6) is -0.480. The molecular weight excluding hydrogens is 448 g/mol. The molecule has 10 nitrogen and oxygen atoms in total. The highest BCUT2D eigenvalue weighted by Gasteiger charge is 2.52. The monoisotopic (exact) mass is 478 g/mol. The molecule has 1 saturated carbocycles. The van der Waals surface area contributed by atoms with Crippen molar-refractivity contribution >= 4 is 33.6 Å². The van der Waals surface area contributed by atoms with E-state index in [0.29, 0.717) is 31.6 Å². The zero-order chi connectivity index (χ0) is 23.6. The summed E-state index contributed by atoms with van der Waals surface area (Å²) in [4.78, 5) is 38.6. The van der Waals surface area contributed by atoms with E-state index in [0.717, 1.165) is 37.0 Å². The van der Waals surface area contributed by atoms with E-state index in [1.54, 1.807) is 6.07 Å². The quantitative estimate of drug-likeness (QED) is 0.578. The van der Waals surface area contributed by atoms with Gasteiger partial charge in [0.15, 0.2) is 0 Å². The summed E-state index contributed by atoms with van der Waals surface area (Å²) in [6.07, 6.45) is 5.55. The molecule has 2 aliphatic heterocycles. The highest BCUT2D eigenvalue weighted by molar-refractivity contribution is 7.89. The number of nitrogens with one attached hydrogen (secondary N) is 2. The molecule has 0 unspecified atom stereocenters. The maximum absolute atomic E-state index is 13.1. The van der Waals surface area contributed by atoms with Crippen molar-refractivity contribution in [3.05, 3.63) is 18.2 Å². The largest absolute Gasteiger partial charge is 0.495 e. The first kappa shape index (κ1) is 23.5. The Labute approximate surface area is 193 Å². The number of imide groups is 1. The minimum absolute atomic E-state index is 0.00183. The van der Waals surface area contributed by atoms with Crippen molar-refractivity contribution in [3.63, 3.8) is 0 Å². The summed E-state index contributed by atoms with van der Waals surface area (Å²) >= 11 is 0. The van der Waals surface area contributed by atoms with E-state index in [4.69, 9.17) is 4.74 Å². The van der Waals surface area contributed by atoms with Crippen LogP contribution in [0.4, 0.5) is 10.5 Å². The Kier molecular flexibility index (Phi) is 6.62. The molecule has 1 aromatic rings. The van der Waals surface area contributed by atoms with Gasteiger partial charge in [0, 0.05) is 31.7 Å². The zero-order valence-electron chi connectivity index (χ0n) is 18.8. The molecule has 1 aromatic carbocycles. The first-order chi connectivity index (χ1) is 15.8. The normalized spacial score (nSPS) is 20.8. The van der Waals surface area contributed by atoms with E-state index in [2.05, 4.69) is 10.6 Å². The van der Waals surface area contributed by atoms with Crippen molar-refractivity contribution in [2.45, 2.75) is 61.8 Å². The van der Waals surface area contributed by atoms with Gasteiger partial charge in [-0.15, -0.1) is 0 Å². The molecule has 3 aliphatic rings. The molecule has 1 spiro atoms. The maximum atomic E-state index is 13.1. The number of benzene rings is 1. The smallest absolute Gasteiger partial charge is 0.325 e. The average molecular weight is 479 g/mol. The number of hydrogen-bond donors (Lipinski definition) is 2. The lowest BCUT2D eigenvalue weighted by Crippen LogP contribution is -2.44. The van der Waals surface area contributed by atoms with Gasteiger partial charge in [-0.3, -0.25) is 14.5 Å². The summed E-state index contributed by atoms with van der Waals surface area (Å²) in [5.41, 5.74) is -0.498. The average Bonchev–Trinajstić information content (AvgIpc) is 3.37. The molecule has 1 aliphatic carbocycles. The highest BCUT2D eigenvalue weighted by Crippen LogP contribution is 2.35. The second kappa shape index (κ2) is 9.30. The number of methoxy groups -OCH3 is 1. The Bertz CT molecular complexity index is 1040. The second-order valence-electron chi connectivity index (χ2n) is 8.80. The Balaban J connectivity index is 1.42. The van der Waals surface area contributed by atoms with E-state index in [1.807, 2.05) is 0 Å². The fourth-order valence-corrected chi connectivity index (χ4v) is 6.53. The first-order valence-electron chi connectivity index (χ1n) is 11.4. The molecule has 2 N–H and O–H groups in total. The zero-order valence-corrected chi connectivity index (χ0v) is 19.6. The van der Waals surface area contributed by atoms with Crippen LogP contribution in [0, 0.1) is 0 Å². The van der Waals surface area contributed by atoms with Gasteiger partial charge in [0.2, 0.25) is 15.9 Å². The molecule has 11 heteroatoms. The van der Waals surface area contributed by atoms with Crippen molar-refractivity contribution < 1.29 is 27.5 Å². The van der Waals surface area contributed by atoms with Crippen LogP contribution in [0.25, 0.3) is 0 Å². The van der Waals surface area contributed by atoms with Crippen LogP contribution in [-0.2, 0) is 19.6 Å². The van der Waals surface area contributed by atoms with E-state index >= 15 is 0 Å². The van der Waals surface area contributed by atoms with Crippen LogP contribution >= 0.6 is 0 Å². The molecule has 2 heterocycles. The number of carbonyl (C=O) groups is 3. The van der Waals surface area contributed by atoms with Crippen molar-refractivity contribution in [2.24, 2.45) is 0 Å². The summed E-state index contributed by atoms with van der Waals surface area (Å²) in [6.45, 7) is 0.873. The van der Waals surface area contributed by atoms with Crippen LogP contribution in [0.1, 0.15) is 51.4 Å². The van der Waals surface area contributed by atoms with Crippen molar-refractivity contribution in [3.8, 4) is 5.75 Å². The fraction of sp³-hybridized carbons (Fsp3) is 0.591. The van der Waals surface area contributed by atoms with Gasteiger partial charge in [0.1, 0.15) is 16.2 Å². The number of urea groups is 1. The minimum atomic E-state index is -3.76. The Hall–Kier alpha value is -2.66.